The van der Waals surface area contributed by atoms with Crippen LogP contribution in [0.1, 0.15) is 73.6 Å². The van der Waals surface area contributed by atoms with Crippen LogP contribution in [0.5, 0.6) is 0 Å². The van der Waals surface area contributed by atoms with E-state index in [9.17, 15) is 4.79 Å². The highest BCUT2D eigenvalue weighted by molar-refractivity contribution is 5.66. The highest BCUT2D eigenvalue weighted by Crippen LogP contribution is 2.16. The van der Waals surface area contributed by atoms with Gasteiger partial charge in [0.1, 0.15) is 6.10 Å². The number of esters is 1. The molecule has 0 spiro atoms. The van der Waals surface area contributed by atoms with Crippen LogP contribution >= 0.6 is 0 Å². The topological polar surface area (TPSA) is 46.5 Å². The lowest BCUT2D eigenvalue weighted by atomic mass is 10.0. The second-order valence-corrected chi connectivity index (χ2v) is 7.01. The first kappa shape index (κ1) is 23.4. The summed E-state index contributed by atoms with van der Waals surface area (Å²) in [5, 5.41) is 8.87. The molecule has 0 heterocycles. The minimum absolute atomic E-state index is 0.0971. The van der Waals surface area contributed by atoms with Crippen LogP contribution in [0.3, 0.4) is 0 Å². The molecule has 0 saturated carbocycles. The van der Waals surface area contributed by atoms with Crippen LogP contribution in [-0.4, -0.2) is 23.8 Å². The van der Waals surface area contributed by atoms with Gasteiger partial charge in [0, 0.05) is 13.3 Å². The number of aliphatic hydroxyl groups is 1. The van der Waals surface area contributed by atoms with Crippen molar-refractivity contribution in [3.8, 4) is 0 Å². The molecule has 0 bridgehead atoms. The smallest absolute Gasteiger partial charge is 0.303 e. The molecule has 1 atom stereocenters. The predicted molar refractivity (Wildman–Crippen MR) is 106 cm³/mol. The van der Waals surface area contributed by atoms with Gasteiger partial charge in [-0.25, -0.2) is 0 Å². The van der Waals surface area contributed by atoms with Gasteiger partial charge in [0.05, 0.1) is 6.61 Å². The Morgan fingerprint density at radius 2 is 1.48 bits per heavy atom. The lowest BCUT2D eigenvalue weighted by Crippen LogP contribution is -2.14. The number of carbonyl (C=O) groups excluding carboxylic acids is 1. The van der Waals surface area contributed by atoms with Crippen molar-refractivity contribution >= 4 is 5.97 Å². The van der Waals surface area contributed by atoms with E-state index >= 15 is 0 Å². The molecule has 142 valence electrons. The van der Waals surface area contributed by atoms with Gasteiger partial charge in [0.15, 0.2) is 0 Å². The van der Waals surface area contributed by atoms with Crippen molar-refractivity contribution in [3.05, 3.63) is 46.6 Å². The fraction of sp³-hybridized carbons (Fsp3) is 0.591. The van der Waals surface area contributed by atoms with Crippen molar-refractivity contribution in [2.45, 2.75) is 79.8 Å². The number of carbonyl (C=O) groups is 1. The minimum atomic E-state index is -0.243. The highest BCUT2D eigenvalue weighted by Gasteiger charge is 2.10. The molecular formula is C22H36O3. The maximum absolute atomic E-state index is 11.4. The Morgan fingerprint density at radius 1 is 0.880 bits per heavy atom. The van der Waals surface area contributed by atoms with E-state index in [0.717, 1.165) is 32.1 Å². The Morgan fingerprint density at radius 3 is 2.04 bits per heavy atom. The molecule has 0 aromatic carbocycles. The summed E-state index contributed by atoms with van der Waals surface area (Å²) >= 11 is 0. The standard InChI is InChI=1S/C22H36O3/c1-17(2)9-7-11-19(4)15-22(25-21(6)24)16-20(5)12-8-10-18(3)13-14-23/h9,12-13,15,22-23H,7-8,10-11,14,16H2,1-6H3/b18-13+,19-15+,20-12+/t22-/m0/s1. The molecule has 0 fully saturated rings. The summed E-state index contributed by atoms with van der Waals surface area (Å²) < 4.78 is 5.47. The summed E-state index contributed by atoms with van der Waals surface area (Å²) in [4.78, 5) is 11.4. The number of ether oxygens (including phenoxy) is 1. The number of aliphatic hydroxyl groups excluding tert-OH is 1. The first-order valence-corrected chi connectivity index (χ1v) is 9.14. The molecule has 0 saturated heterocycles. The van der Waals surface area contributed by atoms with Crippen LogP contribution in [0.4, 0.5) is 0 Å². The van der Waals surface area contributed by atoms with Crippen molar-refractivity contribution < 1.29 is 14.6 Å². The van der Waals surface area contributed by atoms with E-state index in [-0.39, 0.29) is 18.7 Å². The van der Waals surface area contributed by atoms with Crippen molar-refractivity contribution in [2.75, 3.05) is 6.61 Å². The van der Waals surface area contributed by atoms with E-state index in [1.807, 2.05) is 13.0 Å². The Hall–Kier alpha value is -1.61. The predicted octanol–water partition coefficient (Wildman–Crippen LogP) is 5.67. The molecule has 3 heteroatoms. The fourth-order valence-corrected chi connectivity index (χ4v) is 2.54. The van der Waals surface area contributed by atoms with Crippen molar-refractivity contribution in [1.82, 2.24) is 0 Å². The fourth-order valence-electron chi connectivity index (χ4n) is 2.54. The Kier molecular flexibility index (Phi) is 12.8. The quantitative estimate of drug-likeness (QED) is 0.387. The van der Waals surface area contributed by atoms with Crippen LogP contribution in [0.15, 0.2) is 46.6 Å². The third kappa shape index (κ3) is 14.4. The third-order valence-corrected chi connectivity index (χ3v) is 3.87. The second-order valence-electron chi connectivity index (χ2n) is 7.01. The van der Waals surface area contributed by atoms with Crippen molar-refractivity contribution in [2.24, 2.45) is 0 Å². The molecule has 1 N–H and O–H groups in total. The van der Waals surface area contributed by atoms with Gasteiger partial charge in [-0.2, -0.15) is 0 Å². The average molecular weight is 349 g/mol. The SMILES string of the molecule is CC(=O)O[C@@H](/C=C(\C)CCC=C(C)C)C/C(C)=C/CC/C(C)=C/CO. The summed E-state index contributed by atoms with van der Waals surface area (Å²) in [5.74, 6) is -0.243. The van der Waals surface area contributed by atoms with E-state index in [1.165, 1.54) is 29.2 Å². The number of allylic oxidation sites excluding steroid dienone is 5. The molecule has 0 aliphatic carbocycles. The second kappa shape index (κ2) is 13.7. The minimum Gasteiger partial charge on any atom is -0.458 e. The van der Waals surface area contributed by atoms with Gasteiger partial charge < -0.3 is 9.84 Å². The maximum atomic E-state index is 11.4. The summed E-state index contributed by atoms with van der Waals surface area (Å²) in [6.45, 7) is 12.0. The van der Waals surface area contributed by atoms with Gasteiger partial charge >= 0.3 is 5.97 Å². The molecule has 0 unspecified atom stereocenters. The van der Waals surface area contributed by atoms with Crippen LogP contribution in [0.2, 0.25) is 0 Å². The van der Waals surface area contributed by atoms with Gasteiger partial charge in [-0.15, -0.1) is 0 Å². The monoisotopic (exact) mass is 348 g/mol. The largest absolute Gasteiger partial charge is 0.458 e. The summed E-state index contributed by atoms with van der Waals surface area (Å²) in [6.07, 6.45) is 12.7. The van der Waals surface area contributed by atoms with Gasteiger partial charge in [-0.05, 0) is 66.4 Å². The summed E-state index contributed by atoms with van der Waals surface area (Å²) in [5.41, 5.74) is 4.99. The summed E-state index contributed by atoms with van der Waals surface area (Å²) in [6, 6.07) is 0. The van der Waals surface area contributed by atoms with Gasteiger partial charge in [-0.1, -0.05) is 40.5 Å². The van der Waals surface area contributed by atoms with Crippen molar-refractivity contribution in [3.63, 3.8) is 0 Å². The lowest BCUT2D eigenvalue weighted by molar-refractivity contribution is -0.144. The Labute approximate surface area is 154 Å². The average Bonchev–Trinajstić information content (AvgIpc) is 2.46. The Bertz CT molecular complexity index is 517. The molecule has 0 radical (unpaired) electrons. The zero-order valence-electron chi connectivity index (χ0n) is 16.9. The van der Waals surface area contributed by atoms with E-state index in [1.54, 1.807) is 0 Å². The van der Waals surface area contributed by atoms with E-state index in [4.69, 9.17) is 9.84 Å². The lowest BCUT2D eigenvalue weighted by Gasteiger charge is -2.15. The zero-order valence-corrected chi connectivity index (χ0v) is 16.9. The van der Waals surface area contributed by atoms with Crippen LogP contribution in [0.25, 0.3) is 0 Å². The highest BCUT2D eigenvalue weighted by atomic mass is 16.5. The van der Waals surface area contributed by atoms with E-state index in [0.29, 0.717) is 0 Å². The zero-order chi connectivity index (χ0) is 19.2. The molecule has 0 aliphatic rings. The molecule has 0 aromatic rings. The molecular weight excluding hydrogens is 312 g/mol. The van der Waals surface area contributed by atoms with Crippen LogP contribution < -0.4 is 0 Å². The van der Waals surface area contributed by atoms with E-state index < -0.39 is 0 Å². The maximum Gasteiger partial charge on any atom is 0.303 e. The first-order chi connectivity index (χ1) is 11.7. The normalized spacial score (nSPS) is 14.3. The van der Waals surface area contributed by atoms with Crippen LogP contribution in [-0.2, 0) is 9.53 Å². The molecule has 0 aromatic heterocycles. The molecule has 25 heavy (non-hydrogen) atoms. The molecule has 0 aliphatic heterocycles. The number of rotatable bonds is 11. The van der Waals surface area contributed by atoms with Gasteiger partial charge in [0.25, 0.3) is 0 Å². The van der Waals surface area contributed by atoms with E-state index in [2.05, 4.69) is 45.9 Å². The molecule has 0 amide bonds. The molecule has 3 nitrogen and oxygen atoms in total. The first-order valence-electron chi connectivity index (χ1n) is 9.14. The van der Waals surface area contributed by atoms with Crippen LogP contribution in [0, 0.1) is 0 Å². The third-order valence-electron chi connectivity index (χ3n) is 3.87. The van der Waals surface area contributed by atoms with Gasteiger partial charge in [0.2, 0.25) is 0 Å². The Balaban J connectivity index is 4.72. The van der Waals surface area contributed by atoms with Gasteiger partial charge in [-0.3, -0.25) is 4.79 Å². The summed E-state index contributed by atoms with van der Waals surface area (Å²) in [7, 11) is 0. The number of hydrogen-bond donors (Lipinski definition) is 1. The van der Waals surface area contributed by atoms with Crippen molar-refractivity contribution in [1.29, 1.82) is 0 Å². The molecule has 0 rings (SSSR count). The number of hydrogen-bond acceptors (Lipinski definition) is 3.